The predicted octanol–water partition coefficient (Wildman–Crippen LogP) is 3.35. The molecule has 0 aliphatic carbocycles. The van der Waals surface area contributed by atoms with Crippen molar-refractivity contribution >= 4 is 6.29 Å². The molecular weight excluding hydrogens is 220 g/mol. The molecule has 1 unspecified atom stereocenters. The zero-order chi connectivity index (χ0) is 12.2. The van der Waals surface area contributed by atoms with Crippen molar-refractivity contribution in [1.82, 2.24) is 0 Å². The summed E-state index contributed by atoms with van der Waals surface area (Å²) in [6.07, 6.45) is 12.3. The van der Waals surface area contributed by atoms with Gasteiger partial charge in [0.2, 0.25) is 0 Å². The minimum Gasteiger partial charge on any atom is -0.320 e. The molecule has 0 amide bonds. The zero-order valence-electron chi connectivity index (χ0n) is 10.6. The molecular formula is C13H24O4. The molecule has 1 aliphatic rings. The lowest BCUT2D eigenvalue weighted by molar-refractivity contribution is -0.278. The van der Waals surface area contributed by atoms with E-state index >= 15 is 0 Å². The van der Waals surface area contributed by atoms with Gasteiger partial charge in [0.15, 0.2) is 13.1 Å². The van der Waals surface area contributed by atoms with Crippen LogP contribution in [0.4, 0.5) is 0 Å². The van der Waals surface area contributed by atoms with Crippen LogP contribution < -0.4 is 0 Å². The first-order valence-corrected chi connectivity index (χ1v) is 6.77. The fourth-order valence-corrected chi connectivity index (χ4v) is 1.97. The van der Waals surface area contributed by atoms with E-state index in [1.54, 1.807) is 0 Å². The summed E-state index contributed by atoms with van der Waals surface area (Å²) in [5.41, 5.74) is 0. The maximum Gasteiger partial charge on any atom is 0.194 e. The third-order valence-corrected chi connectivity index (χ3v) is 2.99. The quantitative estimate of drug-likeness (QED) is 0.317. The average Bonchev–Trinajstić information content (AvgIpc) is 2.85. The van der Waals surface area contributed by atoms with E-state index in [2.05, 4.69) is 4.89 Å². The summed E-state index contributed by atoms with van der Waals surface area (Å²) in [7, 11) is 0. The highest BCUT2D eigenvalue weighted by Gasteiger charge is 2.16. The van der Waals surface area contributed by atoms with Crippen LogP contribution in [-0.4, -0.2) is 19.4 Å². The SMILES string of the molecule is O=CCCCCCCCCCCC1OCOO1. The zero-order valence-corrected chi connectivity index (χ0v) is 10.6. The van der Waals surface area contributed by atoms with Crippen LogP contribution in [0.1, 0.15) is 64.2 Å². The standard InChI is InChI=1S/C13H24O4/c14-11-9-7-5-3-1-2-4-6-8-10-13-15-12-16-17-13/h11,13H,1-10,12H2. The van der Waals surface area contributed by atoms with Crippen molar-refractivity contribution in [3.05, 3.63) is 0 Å². The smallest absolute Gasteiger partial charge is 0.194 e. The fourth-order valence-electron chi connectivity index (χ4n) is 1.97. The molecule has 17 heavy (non-hydrogen) atoms. The number of hydrogen-bond donors (Lipinski definition) is 0. The minimum atomic E-state index is -0.140. The lowest BCUT2D eigenvalue weighted by atomic mass is 10.1. The van der Waals surface area contributed by atoms with Gasteiger partial charge in [-0.2, -0.15) is 0 Å². The van der Waals surface area contributed by atoms with Crippen molar-refractivity contribution in [1.29, 1.82) is 0 Å². The Morgan fingerprint density at radius 2 is 1.59 bits per heavy atom. The Balaban J connectivity index is 1.70. The average molecular weight is 244 g/mol. The molecule has 1 aliphatic heterocycles. The normalized spacial score (nSPS) is 19.6. The molecule has 0 bridgehead atoms. The Bertz CT molecular complexity index is 178. The molecule has 0 aromatic rings. The Morgan fingerprint density at radius 3 is 2.18 bits per heavy atom. The molecule has 4 nitrogen and oxygen atoms in total. The molecule has 1 atom stereocenters. The van der Waals surface area contributed by atoms with Crippen LogP contribution in [0.15, 0.2) is 0 Å². The first kappa shape index (κ1) is 14.6. The maximum atomic E-state index is 10.1. The number of aldehydes is 1. The molecule has 1 fully saturated rings. The predicted molar refractivity (Wildman–Crippen MR) is 64.1 cm³/mol. The van der Waals surface area contributed by atoms with Gasteiger partial charge in [-0.05, 0) is 12.8 Å². The van der Waals surface area contributed by atoms with Gasteiger partial charge in [-0.1, -0.05) is 38.5 Å². The van der Waals surface area contributed by atoms with Crippen LogP contribution in [0.25, 0.3) is 0 Å². The maximum absolute atomic E-state index is 10.1. The van der Waals surface area contributed by atoms with Crippen molar-refractivity contribution < 1.29 is 19.3 Å². The van der Waals surface area contributed by atoms with Crippen molar-refractivity contribution in [2.45, 2.75) is 70.5 Å². The Hall–Kier alpha value is -0.450. The van der Waals surface area contributed by atoms with E-state index in [-0.39, 0.29) is 13.1 Å². The van der Waals surface area contributed by atoms with Crippen molar-refractivity contribution in [2.75, 3.05) is 6.79 Å². The van der Waals surface area contributed by atoms with Crippen LogP contribution >= 0.6 is 0 Å². The molecule has 0 radical (unpaired) electrons. The van der Waals surface area contributed by atoms with Gasteiger partial charge >= 0.3 is 0 Å². The van der Waals surface area contributed by atoms with Crippen molar-refractivity contribution in [3.63, 3.8) is 0 Å². The number of carbonyl (C=O) groups excluding carboxylic acids is 1. The second-order valence-electron chi connectivity index (χ2n) is 4.50. The van der Waals surface area contributed by atoms with Gasteiger partial charge in [-0.25, -0.2) is 9.78 Å². The molecule has 0 saturated carbocycles. The van der Waals surface area contributed by atoms with Crippen LogP contribution in [-0.2, 0) is 19.3 Å². The van der Waals surface area contributed by atoms with Crippen molar-refractivity contribution in [3.8, 4) is 0 Å². The molecule has 100 valence electrons. The van der Waals surface area contributed by atoms with E-state index < -0.39 is 0 Å². The topological polar surface area (TPSA) is 44.8 Å². The van der Waals surface area contributed by atoms with Crippen LogP contribution in [0.2, 0.25) is 0 Å². The minimum absolute atomic E-state index is 0.140. The highest BCUT2D eigenvalue weighted by molar-refractivity contribution is 5.48. The van der Waals surface area contributed by atoms with Crippen LogP contribution in [0, 0.1) is 0 Å². The van der Waals surface area contributed by atoms with Gasteiger partial charge < -0.3 is 9.53 Å². The number of carbonyl (C=O) groups is 1. The van der Waals surface area contributed by atoms with Gasteiger partial charge in [0.1, 0.15) is 6.29 Å². The van der Waals surface area contributed by atoms with E-state index in [9.17, 15) is 4.79 Å². The molecule has 0 aromatic heterocycles. The monoisotopic (exact) mass is 244 g/mol. The second-order valence-corrected chi connectivity index (χ2v) is 4.50. The molecule has 1 heterocycles. The van der Waals surface area contributed by atoms with E-state index in [1.165, 1.54) is 38.5 Å². The number of hydrogen-bond acceptors (Lipinski definition) is 4. The molecule has 1 rings (SSSR count). The number of unbranched alkanes of at least 4 members (excludes halogenated alkanes) is 8. The number of ether oxygens (including phenoxy) is 1. The molecule has 1 saturated heterocycles. The Labute approximate surface area is 104 Å². The molecule has 0 N–H and O–H groups in total. The van der Waals surface area contributed by atoms with Crippen molar-refractivity contribution in [2.24, 2.45) is 0 Å². The third kappa shape index (κ3) is 8.30. The molecule has 0 aromatic carbocycles. The highest BCUT2D eigenvalue weighted by Crippen LogP contribution is 2.15. The lowest BCUT2D eigenvalue weighted by Crippen LogP contribution is -2.06. The van der Waals surface area contributed by atoms with Gasteiger partial charge in [0, 0.05) is 12.8 Å². The summed E-state index contributed by atoms with van der Waals surface area (Å²) in [4.78, 5) is 19.6. The Kier molecular flexibility index (Phi) is 9.19. The van der Waals surface area contributed by atoms with Crippen LogP contribution in [0.3, 0.4) is 0 Å². The van der Waals surface area contributed by atoms with E-state index in [4.69, 9.17) is 9.62 Å². The first-order valence-electron chi connectivity index (χ1n) is 6.77. The molecule has 0 spiro atoms. The van der Waals surface area contributed by atoms with Gasteiger partial charge in [-0.15, -0.1) is 0 Å². The second kappa shape index (κ2) is 10.7. The lowest BCUT2D eigenvalue weighted by Gasteiger charge is -2.05. The fraction of sp³-hybridized carbons (Fsp3) is 0.923. The summed E-state index contributed by atoms with van der Waals surface area (Å²) >= 11 is 0. The summed E-state index contributed by atoms with van der Waals surface area (Å²) < 4.78 is 5.16. The van der Waals surface area contributed by atoms with Gasteiger partial charge in [-0.3, -0.25) is 0 Å². The summed E-state index contributed by atoms with van der Waals surface area (Å²) in [5, 5.41) is 0. The summed E-state index contributed by atoms with van der Waals surface area (Å²) in [5.74, 6) is 0. The van der Waals surface area contributed by atoms with E-state index in [0.717, 1.165) is 32.0 Å². The summed E-state index contributed by atoms with van der Waals surface area (Å²) in [6.45, 7) is 0.269. The van der Waals surface area contributed by atoms with Crippen LogP contribution in [0.5, 0.6) is 0 Å². The van der Waals surface area contributed by atoms with Gasteiger partial charge in [0.05, 0.1) is 0 Å². The molecule has 4 heteroatoms. The Morgan fingerprint density at radius 1 is 0.941 bits per heavy atom. The summed E-state index contributed by atoms with van der Waals surface area (Å²) in [6, 6.07) is 0. The first-order chi connectivity index (χ1) is 8.43. The largest absolute Gasteiger partial charge is 0.320 e. The van der Waals surface area contributed by atoms with E-state index in [0.29, 0.717) is 0 Å². The highest BCUT2D eigenvalue weighted by atomic mass is 17.3. The van der Waals surface area contributed by atoms with Gasteiger partial charge in [0.25, 0.3) is 0 Å². The number of rotatable bonds is 11. The third-order valence-electron chi connectivity index (χ3n) is 2.99. The van der Waals surface area contributed by atoms with E-state index in [1.807, 2.05) is 0 Å².